The topological polar surface area (TPSA) is 55.8 Å². The van der Waals surface area contributed by atoms with Crippen molar-refractivity contribution in [3.63, 3.8) is 0 Å². The minimum absolute atomic E-state index is 0.0123. The van der Waals surface area contributed by atoms with E-state index in [9.17, 15) is 18.4 Å². The van der Waals surface area contributed by atoms with Crippen molar-refractivity contribution >= 4 is 12.1 Å². The van der Waals surface area contributed by atoms with Crippen molar-refractivity contribution in [2.75, 3.05) is 13.7 Å². The van der Waals surface area contributed by atoms with Crippen LogP contribution >= 0.6 is 0 Å². The number of nitrogens with zero attached hydrogens (tertiary/aromatic N) is 1. The lowest BCUT2D eigenvalue weighted by molar-refractivity contribution is -0.149. The molecule has 5 nitrogen and oxygen atoms in total. The summed E-state index contributed by atoms with van der Waals surface area (Å²) in [5, 5.41) is 0. The summed E-state index contributed by atoms with van der Waals surface area (Å²) >= 11 is 0. The molecule has 1 fully saturated rings. The van der Waals surface area contributed by atoms with Crippen molar-refractivity contribution in [1.82, 2.24) is 4.90 Å². The number of ether oxygens (including phenoxy) is 2. The number of carbonyl (C=O) groups excluding carboxylic acids is 2. The van der Waals surface area contributed by atoms with Crippen LogP contribution in [0, 0.1) is 11.3 Å². The maximum absolute atomic E-state index is 13.6. The molecule has 3 atom stereocenters. The zero-order valence-corrected chi connectivity index (χ0v) is 14.9. The number of allylic oxidation sites excluding steroid dienone is 1. The molecule has 0 spiro atoms. The van der Waals surface area contributed by atoms with Crippen LogP contribution in [0.3, 0.4) is 0 Å². The molecule has 1 saturated heterocycles. The Bertz CT molecular complexity index is 652. The largest absolute Gasteiger partial charge is 0.467 e. The van der Waals surface area contributed by atoms with Crippen LogP contribution in [0.5, 0.6) is 0 Å². The minimum Gasteiger partial charge on any atom is -0.467 e. The average molecular weight is 367 g/mol. The van der Waals surface area contributed by atoms with E-state index < -0.39 is 35.9 Å². The van der Waals surface area contributed by atoms with Crippen molar-refractivity contribution in [3.05, 3.63) is 48.6 Å². The molecule has 7 heteroatoms. The van der Waals surface area contributed by atoms with Crippen LogP contribution in [-0.4, -0.2) is 43.1 Å². The van der Waals surface area contributed by atoms with Gasteiger partial charge in [0, 0.05) is 17.9 Å². The molecule has 2 rings (SSSR count). The summed E-state index contributed by atoms with van der Waals surface area (Å²) in [4.78, 5) is 25.9. The van der Waals surface area contributed by atoms with E-state index in [2.05, 4.69) is 6.58 Å². The number of benzene rings is 1. The second-order valence-electron chi connectivity index (χ2n) is 6.56. The number of esters is 1. The van der Waals surface area contributed by atoms with E-state index in [0.29, 0.717) is 0 Å². The molecule has 0 N–H and O–H groups in total. The van der Waals surface area contributed by atoms with Gasteiger partial charge in [-0.1, -0.05) is 43.3 Å². The predicted molar refractivity (Wildman–Crippen MR) is 91.6 cm³/mol. The third-order valence-electron chi connectivity index (χ3n) is 4.93. The fourth-order valence-electron chi connectivity index (χ4n) is 3.52. The van der Waals surface area contributed by atoms with Gasteiger partial charge in [0.25, 0.3) is 0 Å². The Hall–Kier alpha value is -2.44. The van der Waals surface area contributed by atoms with Gasteiger partial charge < -0.3 is 9.47 Å². The molecular weight excluding hydrogens is 344 g/mol. The Balaban J connectivity index is 2.25. The molecule has 1 aliphatic rings. The quantitative estimate of drug-likeness (QED) is 0.569. The van der Waals surface area contributed by atoms with Gasteiger partial charge in [-0.25, -0.2) is 18.4 Å². The number of alkyl halides is 2. The van der Waals surface area contributed by atoms with E-state index in [4.69, 9.17) is 9.47 Å². The molecule has 0 radical (unpaired) electrons. The minimum atomic E-state index is -2.70. The lowest BCUT2D eigenvalue weighted by Crippen LogP contribution is -2.48. The number of hydrogen-bond donors (Lipinski definition) is 0. The monoisotopic (exact) mass is 367 g/mol. The average Bonchev–Trinajstić information content (AvgIpc) is 2.93. The van der Waals surface area contributed by atoms with Crippen molar-refractivity contribution in [2.24, 2.45) is 11.3 Å². The summed E-state index contributed by atoms with van der Waals surface area (Å²) in [6, 6.07) is 7.81. The van der Waals surface area contributed by atoms with Gasteiger partial charge in [0.05, 0.1) is 7.11 Å². The highest BCUT2D eigenvalue weighted by molar-refractivity contribution is 5.83. The molecule has 0 saturated carbocycles. The molecule has 0 aromatic heterocycles. The summed E-state index contributed by atoms with van der Waals surface area (Å²) in [6.07, 6.45) is -1.89. The van der Waals surface area contributed by atoms with Gasteiger partial charge in [0.1, 0.15) is 12.6 Å². The number of rotatable bonds is 6. The number of hydrogen-bond acceptors (Lipinski definition) is 4. The first kappa shape index (κ1) is 19.9. The van der Waals surface area contributed by atoms with Gasteiger partial charge in [-0.05, 0) is 12.0 Å². The highest BCUT2D eigenvalue weighted by atomic mass is 19.3. The fraction of sp³-hybridized carbons (Fsp3) is 0.474. The second kappa shape index (κ2) is 8.29. The summed E-state index contributed by atoms with van der Waals surface area (Å²) < 4.78 is 37.3. The first-order chi connectivity index (χ1) is 12.3. The van der Waals surface area contributed by atoms with E-state index in [0.717, 1.165) is 10.5 Å². The van der Waals surface area contributed by atoms with E-state index in [1.54, 1.807) is 31.2 Å². The Morgan fingerprint density at radius 3 is 2.58 bits per heavy atom. The van der Waals surface area contributed by atoms with Gasteiger partial charge in [-0.15, -0.1) is 6.58 Å². The van der Waals surface area contributed by atoms with E-state index in [1.165, 1.54) is 13.2 Å². The van der Waals surface area contributed by atoms with Gasteiger partial charge in [-0.2, -0.15) is 0 Å². The molecular formula is C19H23F2NO4. The van der Waals surface area contributed by atoms with Gasteiger partial charge in [0.2, 0.25) is 6.43 Å². The summed E-state index contributed by atoms with van der Waals surface area (Å²) in [7, 11) is 1.17. The van der Waals surface area contributed by atoms with Crippen molar-refractivity contribution in [2.45, 2.75) is 32.4 Å². The molecule has 0 aliphatic carbocycles. The zero-order chi connectivity index (χ0) is 19.3. The van der Waals surface area contributed by atoms with E-state index in [1.807, 2.05) is 6.07 Å². The molecule has 1 heterocycles. The van der Waals surface area contributed by atoms with Crippen molar-refractivity contribution in [1.29, 1.82) is 0 Å². The van der Waals surface area contributed by atoms with Crippen LogP contribution in [0.2, 0.25) is 0 Å². The van der Waals surface area contributed by atoms with Crippen LogP contribution in [0.1, 0.15) is 18.9 Å². The number of likely N-dealkylation sites (tertiary alicyclic amines) is 1. The molecule has 1 amide bonds. The normalized spacial score (nSPS) is 25.2. The van der Waals surface area contributed by atoms with Crippen molar-refractivity contribution < 1.29 is 27.8 Å². The summed E-state index contributed by atoms with van der Waals surface area (Å²) in [6.45, 7) is 4.86. The van der Waals surface area contributed by atoms with Crippen LogP contribution < -0.4 is 0 Å². The van der Waals surface area contributed by atoms with E-state index >= 15 is 0 Å². The molecule has 26 heavy (non-hydrogen) atoms. The second-order valence-corrected chi connectivity index (χ2v) is 6.56. The number of amides is 1. The van der Waals surface area contributed by atoms with Crippen molar-refractivity contribution in [3.8, 4) is 0 Å². The Kier molecular flexibility index (Phi) is 6.34. The maximum atomic E-state index is 13.6. The summed E-state index contributed by atoms with van der Waals surface area (Å²) in [5.74, 6) is -1.93. The standard InChI is InChI=1S/C19H23F2NO4/c1-4-10-19(2)14(16(20)21)11-22(15(19)17(23)25-3)18(24)26-12-13-8-6-5-7-9-13/h4-9,14-16H,1,10-12H2,2-3H3. The smallest absolute Gasteiger partial charge is 0.410 e. The Labute approximate surface area is 151 Å². The van der Waals surface area contributed by atoms with Crippen LogP contribution in [0.25, 0.3) is 0 Å². The van der Waals surface area contributed by atoms with Gasteiger partial charge in [-0.3, -0.25) is 4.90 Å². The van der Waals surface area contributed by atoms with Gasteiger partial charge >= 0.3 is 12.1 Å². The predicted octanol–water partition coefficient (Wildman–Crippen LogP) is 3.64. The lowest BCUT2D eigenvalue weighted by atomic mass is 9.72. The molecule has 1 aromatic carbocycles. The Morgan fingerprint density at radius 1 is 1.38 bits per heavy atom. The molecule has 1 aliphatic heterocycles. The number of methoxy groups -OCH3 is 1. The highest BCUT2D eigenvalue weighted by Crippen LogP contribution is 2.47. The van der Waals surface area contributed by atoms with Crippen LogP contribution in [0.15, 0.2) is 43.0 Å². The third-order valence-corrected chi connectivity index (χ3v) is 4.93. The molecule has 1 aromatic rings. The molecule has 3 unspecified atom stereocenters. The Morgan fingerprint density at radius 2 is 2.04 bits per heavy atom. The first-order valence-electron chi connectivity index (χ1n) is 8.29. The zero-order valence-electron chi connectivity index (χ0n) is 14.9. The number of halogens is 2. The van der Waals surface area contributed by atoms with Crippen LogP contribution in [0.4, 0.5) is 13.6 Å². The maximum Gasteiger partial charge on any atom is 0.410 e. The van der Waals surface area contributed by atoms with E-state index in [-0.39, 0.29) is 19.6 Å². The lowest BCUT2D eigenvalue weighted by Gasteiger charge is -2.34. The molecule has 142 valence electrons. The SMILES string of the molecule is C=CCC1(C)C(C(F)F)CN(C(=O)OCc2ccccc2)C1C(=O)OC. The molecule has 0 bridgehead atoms. The van der Waals surface area contributed by atoms with Gasteiger partial charge in [0.15, 0.2) is 0 Å². The summed E-state index contributed by atoms with van der Waals surface area (Å²) in [5.41, 5.74) is -0.427. The first-order valence-corrected chi connectivity index (χ1v) is 8.29. The highest BCUT2D eigenvalue weighted by Gasteiger charge is 2.59. The van der Waals surface area contributed by atoms with Crippen LogP contribution in [-0.2, 0) is 20.9 Å². The number of carbonyl (C=O) groups is 2. The fourth-order valence-corrected chi connectivity index (χ4v) is 3.52. The third kappa shape index (κ3) is 3.86.